The summed E-state index contributed by atoms with van der Waals surface area (Å²) in [6.45, 7) is 19.3. The van der Waals surface area contributed by atoms with Crippen LogP contribution in [0.3, 0.4) is 0 Å². The quantitative estimate of drug-likeness (QED) is 0.375. The van der Waals surface area contributed by atoms with Crippen LogP contribution in [0.25, 0.3) is 0 Å². The molecule has 0 aromatic carbocycles. The molecule has 5 unspecified atom stereocenters. The fourth-order valence-electron chi connectivity index (χ4n) is 8.04. The summed E-state index contributed by atoms with van der Waals surface area (Å²) in [4.78, 5) is 13.6. The highest BCUT2D eigenvalue weighted by Crippen LogP contribution is 2.65. The van der Waals surface area contributed by atoms with Gasteiger partial charge in [0.1, 0.15) is 5.78 Å². The Morgan fingerprint density at radius 2 is 1.72 bits per heavy atom. The third-order valence-electron chi connectivity index (χ3n) is 9.99. The van der Waals surface area contributed by atoms with Gasteiger partial charge in [0.2, 0.25) is 0 Å². The summed E-state index contributed by atoms with van der Waals surface area (Å²) < 4.78 is 0. The minimum absolute atomic E-state index is 0. The number of hydrogen-bond donors (Lipinski definition) is 2. The van der Waals surface area contributed by atoms with E-state index in [9.17, 15) is 15.0 Å². The molecule has 0 radical (unpaired) electrons. The Balaban J connectivity index is 0.00000101. The molecular formula is C33H62O3. The van der Waals surface area contributed by atoms with Crippen molar-refractivity contribution in [3.05, 3.63) is 11.6 Å². The van der Waals surface area contributed by atoms with Crippen LogP contribution >= 0.6 is 0 Å². The third kappa shape index (κ3) is 6.66. The highest BCUT2D eigenvalue weighted by molar-refractivity contribution is 5.85. The Morgan fingerprint density at radius 1 is 1.11 bits per heavy atom. The van der Waals surface area contributed by atoms with Crippen molar-refractivity contribution in [1.82, 2.24) is 0 Å². The van der Waals surface area contributed by atoms with Gasteiger partial charge in [0.15, 0.2) is 0 Å². The summed E-state index contributed by atoms with van der Waals surface area (Å²) >= 11 is 0. The maximum Gasteiger partial charge on any atom is 0.137 e. The van der Waals surface area contributed by atoms with Crippen molar-refractivity contribution in [2.24, 2.45) is 39.9 Å². The van der Waals surface area contributed by atoms with Crippen molar-refractivity contribution in [3.8, 4) is 0 Å². The topological polar surface area (TPSA) is 57.5 Å². The van der Waals surface area contributed by atoms with Gasteiger partial charge in [0, 0.05) is 12.3 Å². The molecule has 4 aliphatic carbocycles. The molecule has 3 saturated carbocycles. The number of hydrogen-bond acceptors (Lipinski definition) is 3. The molecule has 0 bridgehead atoms. The van der Waals surface area contributed by atoms with E-state index in [2.05, 4.69) is 54.5 Å². The third-order valence-corrected chi connectivity index (χ3v) is 9.99. The van der Waals surface area contributed by atoms with Gasteiger partial charge in [-0.25, -0.2) is 0 Å². The van der Waals surface area contributed by atoms with E-state index >= 15 is 0 Å². The molecule has 0 heterocycles. The first-order valence-corrected chi connectivity index (χ1v) is 15.0. The van der Waals surface area contributed by atoms with Crippen molar-refractivity contribution in [2.45, 2.75) is 153 Å². The van der Waals surface area contributed by atoms with E-state index in [-0.39, 0.29) is 41.8 Å². The zero-order valence-electron chi connectivity index (χ0n) is 24.6. The summed E-state index contributed by atoms with van der Waals surface area (Å²) in [6, 6.07) is 0. The average molecular weight is 507 g/mol. The smallest absolute Gasteiger partial charge is 0.137 e. The highest BCUT2D eigenvalue weighted by Gasteiger charge is 2.61. The molecule has 3 heteroatoms. The second-order valence-corrected chi connectivity index (χ2v) is 13.5. The molecule has 4 rings (SSSR count). The van der Waals surface area contributed by atoms with Crippen LogP contribution in [0, 0.1) is 39.9 Å². The van der Waals surface area contributed by atoms with Crippen LogP contribution in [0.2, 0.25) is 0 Å². The summed E-state index contributed by atoms with van der Waals surface area (Å²) in [5, 5.41) is 20.6. The van der Waals surface area contributed by atoms with Crippen molar-refractivity contribution in [1.29, 1.82) is 0 Å². The summed E-state index contributed by atoms with van der Waals surface area (Å²) in [7, 11) is 0. The molecule has 0 aliphatic heterocycles. The van der Waals surface area contributed by atoms with E-state index in [0.29, 0.717) is 23.5 Å². The standard InChI is InChI=1S/C27H44O3.C3H8.C2H6.CH4/c1-25(2,3)23(30)8-6-7-17-10-12-21-20-11-9-18-15-19(28)13-14-26(18,4)24(20)22(29)16-27(17,21)5;1-3-2;1-2;/h9,17,19-21,23-24,28,30H,6-8,10-16H2,1-5H3;3H2,1-2H3;1-2H3;1H4/t17?,19?,20-,21?,23?,24?,26-,27+;;;/m0.../s1. The zero-order chi connectivity index (χ0) is 26.6. The zero-order valence-corrected chi connectivity index (χ0v) is 24.6. The van der Waals surface area contributed by atoms with Gasteiger partial charge in [0.25, 0.3) is 0 Å². The Bertz CT molecular complexity index is 719. The molecule has 0 spiro atoms. The van der Waals surface area contributed by atoms with Crippen LogP contribution in [0.1, 0.15) is 140 Å². The van der Waals surface area contributed by atoms with Crippen LogP contribution in [0.4, 0.5) is 0 Å². The lowest BCUT2D eigenvalue weighted by atomic mass is 9.47. The van der Waals surface area contributed by atoms with Gasteiger partial charge in [-0.2, -0.15) is 0 Å². The summed E-state index contributed by atoms with van der Waals surface area (Å²) in [5.41, 5.74) is 1.44. The number of carbonyl (C=O) groups excluding carboxylic acids is 1. The minimum atomic E-state index is -0.247. The summed E-state index contributed by atoms with van der Waals surface area (Å²) in [6.07, 6.45) is 13.1. The summed E-state index contributed by atoms with van der Waals surface area (Å²) in [5.74, 6) is 2.44. The SMILES string of the molecule is C.CC.CC(C)(C)C(O)CCCC1CCC2[C@@H]3CC=C4CC(O)CC[C@]4(C)C3C(=O)C[C@]12C.CCC. The van der Waals surface area contributed by atoms with E-state index in [1.807, 2.05) is 13.8 Å². The van der Waals surface area contributed by atoms with Crippen molar-refractivity contribution in [3.63, 3.8) is 0 Å². The number of rotatable bonds is 4. The number of aliphatic hydroxyl groups is 2. The Hall–Kier alpha value is -0.670. The molecule has 0 amide bonds. The van der Waals surface area contributed by atoms with Crippen molar-refractivity contribution in [2.75, 3.05) is 0 Å². The number of allylic oxidation sites excluding steroid dienone is 1. The van der Waals surface area contributed by atoms with E-state index in [1.54, 1.807) is 0 Å². The van der Waals surface area contributed by atoms with Gasteiger partial charge in [0.05, 0.1) is 12.2 Å². The van der Waals surface area contributed by atoms with Gasteiger partial charge >= 0.3 is 0 Å². The second kappa shape index (κ2) is 13.4. The number of carbonyl (C=O) groups is 1. The Labute approximate surface area is 224 Å². The molecule has 3 fully saturated rings. The molecule has 2 N–H and O–H groups in total. The average Bonchev–Trinajstić information content (AvgIpc) is 3.11. The molecule has 8 atom stereocenters. The van der Waals surface area contributed by atoms with Gasteiger partial charge in [-0.15, -0.1) is 0 Å². The first-order chi connectivity index (χ1) is 16.4. The molecule has 36 heavy (non-hydrogen) atoms. The van der Waals surface area contributed by atoms with E-state index < -0.39 is 0 Å². The lowest BCUT2D eigenvalue weighted by Crippen LogP contribution is -2.54. The highest BCUT2D eigenvalue weighted by atomic mass is 16.3. The molecule has 0 aromatic heterocycles. The monoisotopic (exact) mass is 506 g/mol. The van der Waals surface area contributed by atoms with E-state index in [0.717, 1.165) is 51.4 Å². The first-order valence-electron chi connectivity index (χ1n) is 15.0. The molecule has 4 aliphatic rings. The predicted octanol–water partition coefficient (Wildman–Crippen LogP) is 8.76. The maximum atomic E-state index is 13.6. The fourth-order valence-corrected chi connectivity index (χ4v) is 8.04. The first kappa shape index (κ1) is 33.4. The normalized spacial score (nSPS) is 37.9. The number of ketones is 1. The van der Waals surface area contributed by atoms with Crippen LogP contribution in [0.5, 0.6) is 0 Å². The van der Waals surface area contributed by atoms with E-state index in [1.165, 1.54) is 24.8 Å². The number of fused-ring (bicyclic) bond motifs is 5. The molecule has 212 valence electrons. The van der Waals surface area contributed by atoms with E-state index in [4.69, 9.17) is 0 Å². The lowest BCUT2D eigenvalue weighted by molar-refractivity contribution is -0.144. The van der Waals surface area contributed by atoms with Crippen LogP contribution in [-0.4, -0.2) is 28.2 Å². The van der Waals surface area contributed by atoms with Crippen LogP contribution in [-0.2, 0) is 4.79 Å². The molecule has 3 nitrogen and oxygen atoms in total. The minimum Gasteiger partial charge on any atom is -0.393 e. The largest absolute Gasteiger partial charge is 0.393 e. The second-order valence-electron chi connectivity index (χ2n) is 13.5. The Kier molecular flexibility index (Phi) is 12.4. The Morgan fingerprint density at radius 3 is 2.31 bits per heavy atom. The molecular weight excluding hydrogens is 444 g/mol. The number of aliphatic hydroxyl groups excluding tert-OH is 2. The molecule has 0 saturated heterocycles. The fraction of sp³-hybridized carbons (Fsp3) is 0.909. The van der Waals surface area contributed by atoms with Crippen LogP contribution < -0.4 is 0 Å². The van der Waals surface area contributed by atoms with Gasteiger partial charge in [-0.1, -0.05) is 94.2 Å². The predicted molar refractivity (Wildman–Crippen MR) is 155 cm³/mol. The lowest BCUT2D eigenvalue weighted by Gasteiger charge is -2.57. The van der Waals surface area contributed by atoms with Crippen LogP contribution in [0.15, 0.2) is 11.6 Å². The van der Waals surface area contributed by atoms with Gasteiger partial charge < -0.3 is 10.2 Å². The molecule has 0 aromatic rings. The van der Waals surface area contributed by atoms with Gasteiger partial charge in [-0.3, -0.25) is 4.79 Å². The van der Waals surface area contributed by atoms with Crippen molar-refractivity contribution < 1.29 is 15.0 Å². The number of Topliss-reactive ketones (excluding diaryl/α,β-unsaturated/α-hetero) is 1. The van der Waals surface area contributed by atoms with Gasteiger partial charge in [-0.05, 0) is 85.4 Å². The maximum absolute atomic E-state index is 13.6. The van der Waals surface area contributed by atoms with Crippen molar-refractivity contribution >= 4 is 5.78 Å².